The third kappa shape index (κ3) is 7.15. The van der Waals surface area contributed by atoms with Crippen LogP contribution >= 0.6 is 24.0 Å². The number of nitrogens with zero attached hydrogens (tertiary/aromatic N) is 2. The normalized spacial score (nSPS) is 13.9. The van der Waals surface area contributed by atoms with Crippen molar-refractivity contribution in [1.29, 1.82) is 0 Å². The zero-order chi connectivity index (χ0) is 18.9. The number of imide groups is 1. The summed E-state index contributed by atoms with van der Waals surface area (Å²) in [7, 11) is 0. The maximum absolute atomic E-state index is 13.4. The smallest absolute Gasteiger partial charge is 0.324 e. The quantitative estimate of drug-likeness (QED) is 0.164. The molecule has 0 radical (unpaired) electrons. The van der Waals surface area contributed by atoms with Crippen LogP contribution in [0.1, 0.15) is 6.92 Å². The Morgan fingerprint density at radius 3 is 2.74 bits per heavy atom. The minimum Gasteiger partial charge on any atom is -0.489 e. The van der Waals surface area contributed by atoms with E-state index in [-0.39, 0.29) is 61.9 Å². The maximum Gasteiger partial charge on any atom is 0.324 e. The number of ether oxygens (including phenoxy) is 1. The van der Waals surface area contributed by atoms with Crippen molar-refractivity contribution in [3.8, 4) is 5.75 Å². The summed E-state index contributed by atoms with van der Waals surface area (Å²) in [5, 5.41) is 8.42. The molecule has 0 atom stereocenters. The first kappa shape index (κ1) is 22.9. The molecular formula is C16H22F2IN5O3. The molecule has 8 nitrogen and oxygen atoms in total. The fourth-order valence-electron chi connectivity index (χ4n) is 2.21. The number of halogens is 3. The summed E-state index contributed by atoms with van der Waals surface area (Å²) < 4.78 is 31.5. The van der Waals surface area contributed by atoms with Crippen LogP contribution in [0, 0.1) is 11.6 Å². The SMILES string of the molecule is CCNC(=NCCN1C(=O)CNC1=O)NCCOc1ccc(F)cc1F.I. The second-order valence-corrected chi connectivity index (χ2v) is 5.31. The summed E-state index contributed by atoms with van der Waals surface area (Å²) in [4.78, 5) is 28.3. The number of nitrogens with one attached hydrogen (secondary N) is 3. The van der Waals surface area contributed by atoms with Crippen molar-refractivity contribution >= 4 is 41.9 Å². The summed E-state index contributed by atoms with van der Waals surface area (Å²) in [6.07, 6.45) is 0. The summed E-state index contributed by atoms with van der Waals surface area (Å²) in [5.74, 6) is -1.27. The second kappa shape index (κ2) is 11.5. The van der Waals surface area contributed by atoms with Crippen LogP contribution in [-0.4, -0.2) is 62.1 Å². The van der Waals surface area contributed by atoms with Gasteiger partial charge in [-0.2, -0.15) is 0 Å². The number of amides is 3. The van der Waals surface area contributed by atoms with Gasteiger partial charge in [-0.05, 0) is 19.1 Å². The molecule has 3 amide bonds. The monoisotopic (exact) mass is 497 g/mol. The van der Waals surface area contributed by atoms with E-state index in [0.29, 0.717) is 19.0 Å². The van der Waals surface area contributed by atoms with Crippen molar-refractivity contribution in [1.82, 2.24) is 20.9 Å². The lowest BCUT2D eigenvalue weighted by Gasteiger charge is -2.14. The molecule has 11 heteroatoms. The highest BCUT2D eigenvalue weighted by atomic mass is 127. The molecule has 150 valence electrons. The fraction of sp³-hybridized carbons (Fsp3) is 0.438. The largest absolute Gasteiger partial charge is 0.489 e. The van der Waals surface area contributed by atoms with Gasteiger partial charge in [-0.1, -0.05) is 0 Å². The molecule has 1 aromatic rings. The van der Waals surface area contributed by atoms with E-state index in [4.69, 9.17) is 4.74 Å². The molecule has 1 saturated heterocycles. The number of guanidine groups is 1. The molecule has 1 aliphatic heterocycles. The highest BCUT2D eigenvalue weighted by Gasteiger charge is 2.27. The minimum atomic E-state index is -0.765. The van der Waals surface area contributed by atoms with Crippen LogP contribution < -0.4 is 20.7 Å². The number of rotatable bonds is 8. The molecule has 0 spiro atoms. The number of urea groups is 1. The highest BCUT2D eigenvalue weighted by Crippen LogP contribution is 2.17. The minimum absolute atomic E-state index is 0. The van der Waals surface area contributed by atoms with Gasteiger partial charge in [0, 0.05) is 12.6 Å². The van der Waals surface area contributed by atoms with Crippen LogP contribution in [0.25, 0.3) is 0 Å². The van der Waals surface area contributed by atoms with Gasteiger partial charge in [0.2, 0.25) is 5.91 Å². The van der Waals surface area contributed by atoms with Gasteiger partial charge >= 0.3 is 6.03 Å². The Kier molecular flexibility index (Phi) is 9.75. The summed E-state index contributed by atoms with van der Waals surface area (Å²) in [5.41, 5.74) is 0. The van der Waals surface area contributed by atoms with E-state index >= 15 is 0 Å². The van der Waals surface area contributed by atoms with Gasteiger partial charge in [0.25, 0.3) is 0 Å². The Labute approximate surface area is 172 Å². The van der Waals surface area contributed by atoms with Crippen molar-refractivity contribution in [2.45, 2.75) is 6.92 Å². The zero-order valence-corrected chi connectivity index (χ0v) is 17.1. The maximum atomic E-state index is 13.4. The molecule has 0 unspecified atom stereocenters. The van der Waals surface area contributed by atoms with E-state index in [0.717, 1.165) is 17.0 Å². The molecule has 2 rings (SSSR count). The van der Waals surface area contributed by atoms with E-state index < -0.39 is 17.7 Å². The molecule has 1 heterocycles. The predicted molar refractivity (Wildman–Crippen MR) is 106 cm³/mol. The Hall–Kier alpha value is -2.18. The average Bonchev–Trinajstić information content (AvgIpc) is 2.92. The number of aliphatic imine (C=N–C) groups is 1. The van der Waals surface area contributed by atoms with E-state index in [1.54, 1.807) is 0 Å². The van der Waals surface area contributed by atoms with Gasteiger partial charge in [-0.25, -0.2) is 13.6 Å². The molecule has 27 heavy (non-hydrogen) atoms. The van der Waals surface area contributed by atoms with Crippen LogP contribution in [0.15, 0.2) is 23.2 Å². The van der Waals surface area contributed by atoms with Gasteiger partial charge in [0.1, 0.15) is 12.4 Å². The third-order valence-corrected chi connectivity index (χ3v) is 3.42. The Balaban J connectivity index is 0.00000364. The van der Waals surface area contributed by atoms with Crippen LogP contribution in [0.4, 0.5) is 13.6 Å². The third-order valence-electron chi connectivity index (χ3n) is 3.42. The van der Waals surface area contributed by atoms with Gasteiger partial charge in [-0.15, -0.1) is 24.0 Å². The lowest BCUT2D eigenvalue weighted by Crippen LogP contribution is -2.40. The summed E-state index contributed by atoms with van der Waals surface area (Å²) in [6.45, 7) is 3.39. The molecule has 0 aliphatic carbocycles. The van der Waals surface area contributed by atoms with Crippen molar-refractivity contribution in [2.75, 3.05) is 39.3 Å². The first-order chi connectivity index (χ1) is 12.5. The average molecular weight is 497 g/mol. The van der Waals surface area contributed by atoms with Crippen LogP contribution in [-0.2, 0) is 4.79 Å². The van der Waals surface area contributed by atoms with Crippen molar-refractivity contribution in [3.63, 3.8) is 0 Å². The topological polar surface area (TPSA) is 95.1 Å². The van der Waals surface area contributed by atoms with E-state index in [1.165, 1.54) is 6.07 Å². The number of carbonyl (C=O) groups excluding carboxylic acids is 2. The van der Waals surface area contributed by atoms with Gasteiger partial charge in [-0.3, -0.25) is 14.7 Å². The number of carbonyl (C=O) groups is 2. The van der Waals surface area contributed by atoms with E-state index in [9.17, 15) is 18.4 Å². The van der Waals surface area contributed by atoms with E-state index in [2.05, 4.69) is 20.9 Å². The highest BCUT2D eigenvalue weighted by molar-refractivity contribution is 14.0. The summed E-state index contributed by atoms with van der Waals surface area (Å²) >= 11 is 0. The van der Waals surface area contributed by atoms with Gasteiger partial charge in [0.05, 0.1) is 26.2 Å². The van der Waals surface area contributed by atoms with Crippen molar-refractivity contribution < 1.29 is 23.1 Å². The lowest BCUT2D eigenvalue weighted by atomic mass is 10.3. The standard InChI is InChI=1S/C16H21F2N5O3.HI/c1-2-19-15(20-5-7-23-14(24)10-22-16(23)25)21-6-8-26-13-4-3-11(17)9-12(13)18;/h3-4,9H,2,5-8,10H2,1H3,(H,22,25)(H2,19,20,21);1H. The first-order valence-corrected chi connectivity index (χ1v) is 8.19. The molecule has 0 saturated carbocycles. The van der Waals surface area contributed by atoms with Crippen molar-refractivity contribution in [2.24, 2.45) is 4.99 Å². The molecule has 1 fully saturated rings. The van der Waals surface area contributed by atoms with Gasteiger partial charge < -0.3 is 20.7 Å². The van der Waals surface area contributed by atoms with Crippen LogP contribution in [0.3, 0.4) is 0 Å². The van der Waals surface area contributed by atoms with Gasteiger partial charge in [0.15, 0.2) is 17.5 Å². The Morgan fingerprint density at radius 1 is 1.33 bits per heavy atom. The van der Waals surface area contributed by atoms with Crippen LogP contribution in [0.2, 0.25) is 0 Å². The van der Waals surface area contributed by atoms with Crippen LogP contribution in [0.5, 0.6) is 5.75 Å². The predicted octanol–water partition coefficient (Wildman–Crippen LogP) is 1.07. The molecule has 1 aromatic carbocycles. The fourth-order valence-corrected chi connectivity index (χ4v) is 2.21. The molecule has 0 aromatic heterocycles. The Morgan fingerprint density at radius 2 is 2.11 bits per heavy atom. The van der Waals surface area contributed by atoms with E-state index in [1.807, 2.05) is 6.92 Å². The number of benzene rings is 1. The zero-order valence-electron chi connectivity index (χ0n) is 14.8. The number of hydrogen-bond donors (Lipinski definition) is 3. The molecule has 0 bridgehead atoms. The van der Waals surface area contributed by atoms with Crippen molar-refractivity contribution in [3.05, 3.63) is 29.8 Å². The molecule has 3 N–H and O–H groups in total. The second-order valence-electron chi connectivity index (χ2n) is 5.31. The number of hydrogen-bond acceptors (Lipinski definition) is 4. The Bertz CT molecular complexity index is 674. The first-order valence-electron chi connectivity index (χ1n) is 8.19. The molecule has 1 aliphatic rings. The lowest BCUT2D eigenvalue weighted by molar-refractivity contribution is -0.124. The molecular weight excluding hydrogens is 475 g/mol. The summed E-state index contributed by atoms with van der Waals surface area (Å²) in [6, 6.07) is 2.68.